The highest BCUT2D eigenvalue weighted by Gasteiger charge is 2.20. The van der Waals surface area contributed by atoms with Crippen LogP contribution in [0.1, 0.15) is 19.3 Å². The van der Waals surface area contributed by atoms with Crippen molar-refractivity contribution in [2.24, 2.45) is 0 Å². The van der Waals surface area contributed by atoms with Gasteiger partial charge in [0.1, 0.15) is 0 Å². The minimum Gasteiger partial charge on any atom is -0.361 e. The van der Waals surface area contributed by atoms with Crippen molar-refractivity contribution >= 4 is 22.5 Å². The highest BCUT2D eigenvalue weighted by molar-refractivity contribution is 5.93. The maximum Gasteiger partial charge on any atom is 0.225 e. The zero-order valence-electron chi connectivity index (χ0n) is 10.2. The largest absolute Gasteiger partial charge is 0.361 e. The number of hydrogen-bond donors (Lipinski definition) is 3. The second-order valence-electron chi connectivity index (χ2n) is 4.81. The molecule has 4 nitrogen and oxygen atoms in total. The highest BCUT2D eigenvalue weighted by atomic mass is 16.1. The Kier molecular flexibility index (Phi) is 3.02. The Morgan fingerprint density at radius 3 is 3.06 bits per heavy atom. The average Bonchev–Trinajstić information content (AvgIpc) is 3.06. The molecule has 3 rings (SSSR count). The molecule has 1 aromatic heterocycles. The molecule has 4 heteroatoms. The molecule has 0 atom stereocenters. The van der Waals surface area contributed by atoms with Gasteiger partial charge >= 0.3 is 0 Å². The summed E-state index contributed by atoms with van der Waals surface area (Å²) in [6, 6.07) is 8.55. The minimum absolute atomic E-state index is 0.0676. The highest BCUT2D eigenvalue weighted by Crippen LogP contribution is 2.19. The fourth-order valence-electron chi connectivity index (χ4n) is 2.03. The predicted octanol–water partition coefficient (Wildman–Crippen LogP) is 2.25. The molecule has 0 unspecified atom stereocenters. The maximum absolute atomic E-state index is 11.7. The van der Waals surface area contributed by atoms with Crippen LogP contribution >= 0.6 is 0 Å². The first-order valence-electron chi connectivity index (χ1n) is 6.42. The fraction of sp³-hybridized carbons (Fsp3) is 0.357. The van der Waals surface area contributed by atoms with Crippen LogP contribution in [-0.4, -0.2) is 23.5 Å². The molecular weight excluding hydrogens is 226 g/mol. The third kappa shape index (κ3) is 2.71. The van der Waals surface area contributed by atoms with Gasteiger partial charge in [-0.25, -0.2) is 0 Å². The first-order valence-corrected chi connectivity index (χ1v) is 6.42. The van der Waals surface area contributed by atoms with Crippen LogP contribution in [0.5, 0.6) is 0 Å². The van der Waals surface area contributed by atoms with Crippen LogP contribution in [0.25, 0.3) is 10.9 Å². The molecular formula is C14H17N3O. The van der Waals surface area contributed by atoms with Crippen molar-refractivity contribution in [1.82, 2.24) is 10.3 Å². The van der Waals surface area contributed by atoms with E-state index < -0.39 is 0 Å². The van der Waals surface area contributed by atoms with Gasteiger partial charge in [-0.15, -0.1) is 0 Å². The number of rotatable bonds is 5. The number of fused-ring (bicyclic) bond motifs is 1. The quantitative estimate of drug-likeness (QED) is 0.754. The third-order valence-corrected chi connectivity index (χ3v) is 3.20. The Hall–Kier alpha value is -1.81. The number of nitrogens with one attached hydrogen (secondary N) is 3. The Labute approximate surface area is 106 Å². The molecule has 1 aliphatic carbocycles. The van der Waals surface area contributed by atoms with Crippen LogP contribution in [0.2, 0.25) is 0 Å². The van der Waals surface area contributed by atoms with E-state index in [1.807, 2.05) is 30.5 Å². The molecule has 1 fully saturated rings. The Morgan fingerprint density at radius 2 is 2.22 bits per heavy atom. The van der Waals surface area contributed by atoms with E-state index in [0.717, 1.165) is 23.1 Å². The number of aromatic nitrogens is 1. The summed E-state index contributed by atoms with van der Waals surface area (Å²) in [6.45, 7) is 0.767. The van der Waals surface area contributed by atoms with Crippen molar-refractivity contribution < 1.29 is 4.79 Å². The smallest absolute Gasteiger partial charge is 0.225 e. The van der Waals surface area contributed by atoms with Crippen molar-refractivity contribution in [3.63, 3.8) is 0 Å². The van der Waals surface area contributed by atoms with Gasteiger partial charge in [0.15, 0.2) is 0 Å². The SMILES string of the molecule is O=C(CCNC1CC1)Nc1ccc2[nH]ccc2c1. The Balaban J connectivity index is 1.55. The van der Waals surface area contributed by atoms with Gasteiger partial charge in [-0.1, -0.05) is 0 Å². The van der Waals surface area contributed by atoms with Crippen LogP contribution in [-0.2, 0) is 4.79 Å². The van der Waals surface area contributed by atoms with E-state index in [0.29, 0.717) is 12.5 Å². The monoisotopic (exact) mass is 243 g/mol. The molecule has 1 amide bonds. The lowest BCUT2D eigenvalue weighted by atomic mass is 10.2. The molecule has 18 heavy (non-hydrogen) atoms. The summed E-state index contributed by atoms with van der Waals surface area (Å²) in [7, 11) is 0. The van der Waals surface area contributed by atoms with Gasteiger partial charge in [0.2, 0.25) is 5.91 Å². The summed E-state index contributed by atoms with van der Waals surface area (Å²) < 4.78 is 0. The molecule has 1 saturated carbocycles. The van der Waals surface area contributed by atoms with Crippen LogP contribution in [0.4, 0.5) is 5.69 Å². The summed E-state index contributed by atoms with van der Waals surface area (Å²) in [6.07, 6.45) is 4.94. The Bertz CT molecular complexity index is 557. The molecule has 2 aromatic rings. The van der Waals surface area contributed by atoms with Crippen molar-refractivity contribution in [1.29, 1.82) is 0 Å². The molecule has 0 radical (unpaired) electrons. The summed E-state index contributed by atoms with van der Waals surface area (Å²) in [4.78, 5) is 14.9. The zero-order valence-corrected chi connectivity index (χ0v) is 10.2. The van der Waals surface area contributed by atoms with Gasteiger partial charge in [0.05, 0.1) is 0 Å². The van der Waals surface area contributed by atoms with E-state index >= 15 is 0 Å². The van der Waals surface area contributed by atoms with Crippen LogP contribution in [0.3, 0.4) is 0 Å². The number of amides is 1. The predicted molar refractivity (Wildman–Crippen MR) is 72.6 cm³/mol. The zero-order chi connectivity index (χ0) is 12.4. The first kappa shape index (κ1) is 11.3. The van der Waals surface area contributed by atoms with E-state index in [2.05, 4.69) is 15.6 Å². The molecule has 94 valence electrons. The van der Waals surface area contributed by atoms with Crippen LogP contribution in [0, 0.1) is 0 Å². The molecule has 0 spiro atoms. The molecule has 1 heterocycles. The molecule has 0 bridgehead atoms. The normalized spacial score (nSPS) is 14.9. The van der Waals surface area contributed by atoms with Crippen molar-refractivity contribution in [2.45, 2.75) is 25.3 Å². The van der Waals surface area contributed by atoms with Crippen molar-refractivity contribution in [3.05, 3.63) is 30.5 Å². The molecule has 3 N–H and O–H groups in total. The molecule has 1 aliphatic rings. The van der Waals surface area contributed by atoms with E-state index in [1.165, 1.54) is 12.8 Å². The van der Waals surface area contributed by atoms with Gasteiger partial charge in [-0.2, -0.15) is 0 Å². The molecule has 1 aromatic carbocycles. The second kappa shape index (κ2) is 4.82. The van der Waals surface area contributed by atoms with Crippen molar-refractivity contribution in [2.75, 3.05) is 11.9 Å². The fourth-order valence-corrected chi connectivity index (χ4v) is 2.03. The number of hydrogen-bond acceptors (Lipinski definition) is 2. The summed E-state index contributed by atoms with van der Waals surface area (Å²) in [5.41, 5.74) is 1.95. The summed E-state index contributed by atoms with van der Waals surface area (Å²) in [5.74, 6) is 0.0676. The lowest BCUT2D eigenvalue weighted by Gasteiger charge is -2.06. The third-order valence-electron chi connectivity index (χ3n) is 3.20. The number of carbonyl (C=O) groups excluding carboxylic acids is 1. The molecule has 0 saturated heterocycles. The summed E-state index contributed by atoms with van der Waals surface area (Å²) in [5, 5.41) is 7.37. The maximum atomic E-state index is 11.7. The number of H-pyrrole nitrogens is 1. The van der Waals surface area contributed by atoms with Gasteiger partial charge in [0, 0.05) is 41.8 Å². The van der Waals surface area contributed by atoms with Gasteiger partial charge < -0.3 is 15.6 Å². The van der Waals surface area contributed by atoms with Crippen LogP contribution < -0.4 is 10.6 Å². The average molecular weight is 243 g/mol. The standard InChI is InChI=1S/C14H17N3O/c18-14(6-8-15-11-1-2-11)17-12-3-4-13-10(9-12)5-7-16-13/h3-5,7,9,11,15-16H,1-2,6,8H2,(H,17,18). The van der Waals surface area contributed by atoms with E-state index in [-0.39, 0.29) is 5.91 Å². The second-order valence-corrected chi connectivity index (χ2v) is 4.81. The van der Waals surface area contributed by atoms with E-state index in [4.69, 9.17) is 0 Å². The topological polar surface area (TPSA) is 56.9 Å². The van der Waals surface area contributed by atoms with Gasteiger partial charge in [0.25, 0.3) is 0 Å². The van der Waals surface area contributed by atoms with Crippen LogP contribution in [0.15, 0.2) is 30.5 Å². The van der Waals surface area contributed by atoms with Gasteiger partial charge in [-0.05, 0) is 37.1 Å². The lowest BCUT2D eigenvalue weighted by Crippen LogP contribution is -2.23. The number of anilines is 1. The number of benzene rings is 1. The number of carbonyl (C=O) groups is 1. The van der Waals surface area contributed by atoms with Crippen molar-refractivity contribution in [3.8, 4) is 0 Å². The van der Waals surface area contributed by atoms with E-state index in [1.54, 1.807) is 0 Å². The molecule has 0 aliphatic heterocycles. The summed E-state index contributed by atoms with van der Waals surface area (Å²) >= 11 is 0. The Morgan fingerprint density at radius 1 is 1.33 bits per heavy atom. The van der Waals surface area contributed by atoms with E-state index in [9.17, 15) is 4.79 Å². The minimum atomic E-state index is 0.0676. The van der Waals surface area contributed by atoms with Gasteiger partial charge in [-0.3, -0.25) is 4.79 Å². The lowest BCUT2D eigenvalue weighted by molar-refractivity contribution is -0.116. The number of aromatic amines is 1. The first-order chi connectivity index (χ1) is 8.81.